The molecule has 2 rings (SSSR count). The predicted octanol–water partition coefficient (Wildman–Crippen LogP) is 0.0302. The van der Waals surface area contributed by atoms with E-state index in [1.807, 2.05) is 0 Å². The van der Waals surface area contributed by atoms with E-state index < -0.39 is 10.0 Å². The Kier molecular flexibility index (Phi) is 3.21. The first kappa shape index (κ1) is 12.1. The van der Waals surface area contributed by atoms with Gasteiger partial charge in [0, 0.05) is 13.1 Å². The molecule has 0 unspecified atom stereocenters. The third-order valence-corrected chi connectivity index (χ3v) is 3.71. The quantitative estimate of drug-likeness (QED) is 0.827. The first-order valence-corrected chi connectivity index (χ1v) is 7.00. The maximum Gasteiger partial charge on any atom is 0.289 e. The topological polar surface area (TPSA) is 93.6 Å². The smallest absolute Gasteiger partial charge is 0.289 e. The lowest BCUT2D eigenvalue weighted by atomic mass is 10.2. The standard InChI is InChI=1S/C10H14N2O4S/c11-17(14,15)7-8-3-4-12(6-8)10(13)9-2-1-5-16-9/h1-2,5,8H,3-4,6-7H2,(H2,11,14,15)/t8-/m1/s1. The average Bonchev–Trinajstić information content (AvgIpc) is 2.83. The molecule has 2 heterocycles. The average molecular weight is 258 g/mol. The zero-order valence-electron chi connectivity index (χ0n) is 9.20. The number of nitrogens with two attached hydrogens (primary N) is 1. The molecule has 1 aliphatic heterocycles. The van der Waals surface area contributed by atoms with Gasteiger partial charge in [-0.15, -0.1) is 0 Å². The summed E-state index contributed by atoms with van der Waals surface area (Å²) in [7, 11) is -3.47. The van der Waals surface area contributed by atoms with Crippen molar-refractivity contribution < 1.29 is 17.6 Å². The van der Waals surface area contributed by atoms with Crippen molar-refractivity contribution in [2.75, 3.05) is 18.8 Å². The monoisotopic (exact) mass is 258 g/mol. The van der Waals surface area contributed by atoms with Crippen LogP contribution in [0.25, 0.3) is 0 Å². The minimum Gasteiger partial charge on any atom is -0.459 e. The maximum absolute atomic E-state index is 11.9. The van der Waals surface area contributed by atoms with Gasteiger partial charge in [-0.3, -0.25) is 4.79 Å². The normalized spacial score (nSPS) is 20.8. The van der Waals surface area contributed by atoms with E-state index in [9.17, 15) is 13.2 Å². The van der Waals surface area contributed by atoms with Crippen molar-refractivity contribution in [2.45, 2.75) is 6.42 Å². The highest BCUT2D eigenvalue weighted by atomic mass is 32.2. The van der Waals surface area contributed by atoms with Gasteiger partial charge in [0.1, 0.15) is 0 Å². The summed E-state index contributed by atoms with van der Waals surface area (Å²) in [6.07, 6.45) is 2.09. The van der Waals surface area contributed by atoms with Gasteiger partial charge in [-0.1, -0.05) is 0 Å². The molecule has 1 aromatic heterocycles. The molecule has 0 aromatic carbocycles. The highest BCUT2D eigenvalue weighted by molar-refractivity contribution is 7.89. The van der Waals surface area contributed by atoms with Crippen LogP contribution in [-0.4, -0.2) is 38.1 Å². The highest BCUT2D eigenvalue weighted by Gasteiger charge is 2.30. The van der Waals surface area contributed by atoms with E-state index >= 15 is 0 Å². The molecule has 1 fully saturated rings. The van der Waals surface area contributed by atoms with Crippen molar-refractivity contribution in [2.24, 2.45) is 11.1 Å². The molecule has 17 heavy (non-hydrogen) atoms. The fourth-order valence-electron chi connectivity index (χ4n) is 2.04. The van der Waals surface area contributed by atoms with E-state index in [4.69, 9.17) is 9.56 Å². The van der Waals surface area contributed by atoms with Crippen LogP contribution in [0.4, 0.5) is 0 Å². The Morgan fingerprint density at radius 3 is 2.94 bits per heavy atom. The van der Waals surface area contributed by atoms with Gasteiger partial charge >= 0.3 is 0 Å². The number of amides is 1. The van der Waals surface area contributed by atoms with Gasteiger partial charge in [-0.25, -0.2) is 13.6 Å². The summed E-state index contributed by atoms with van der Waals surface area (Å²) in [5.41, 5.74) is 0. The van der Waals surface area contributed by atoms with E-state index in [2.05, 4.69) is 0 Å². The second-order valence-electron chi connectivity index (χ2n) is 4.21. The molecule has 1 amide bonds. The molecule has 0 bridgehead atoms. The van der Waals surface area contributed by atoms with Crippen LogP contribution in [0.1, 0.15) is 17.0 Å². The Hall–Kier alpha value is -1.34. The largest absolute Gasteiger partial charge is 0.459 e. The molecule has 1 aliphatic rings. The third-order valence-electron chi connectivity index (χ3n) is 2.77. The number of hydrogen-bond acceptors (Lipinski definition) is 4. The predicted molar refractivity (Wildman–Crippen MR) is 60.7 cm³/mol. The van der Waals surface area contributed by atoms with Crippen LogP contribution in [0, 0.1) is 5.92 Å². The Labute approximate surface area is 99.4 Å². The number of carbonyl (C=O) groups is 1. The van der Waals surface area contributed by atoms with Crippen molar-refractivity contribution >= 4 is 15.9 Å². The van der Waals surface area contributed by atoms with Crippen LogP contribution >= 0.6 is 0 Å². The number of primary sulfonamides is 1. The summed E-state index contributed by atoms with van der Waals surface area (Å²) in [4.78, 5) is 13.5. The Morgan fingerprint density at radius 1 is 1.59 bits per heavy atom. The number of rotatable bonds is 3. The Bertz CT molecular complexity index is 494. The van der Waals surface area contributed by atoms with Crippen LogP contribution < -0.4 is 5.14 Å². The summed E-state index contributed by atoms with van der Waals surface area (Å²) in [5.74, 6) is -0.0772. The lowest BCUT2D eigenvalue weighted by Gasteiger charge is -2.14. The summed E-state index contributed by atoms with van der Waals surface area (Å²) in [5, 5.41) is 4.98. The van der Waals surface area contributed by atoms with E-state index in [1.54, 1.807) is 17.0 Å². The van der Waals surface area contributed by atoms with E-state index in [0.717, 1.165) is 0 Å². The summed E-state index contributed by atoms with van der Waals surface area (Å²) >= 11 is 0. The van der Waals surface area contributed by atoms with E-state index in [-0.39, 0.29) is 23.3 Å². The van der Waals surface area contributed by atoms with Gasteiger partial charge in [0.2, 0.25) is 10.0 Å². The lowest BCUT2D eigenvalue weighted by Crippen LogP contribution is -2.30. The summed E-state index contributed by atoms with van der Waals surface area (Å²) in [6.45, 7) is 0.954. The maximum atomic E-state index is 11.9. The molecule has 7 heteroatoms. The molecule has 1 saturated heterocycles. The van der Waals surface area contributed by atoms with Gasteiger partial charge in [0.25, 0.3) is 5.91 Å². The van der Waals surface area contributed by atoms with Crippen LogP contribution in [0.5, 0.6) is 0 Å². The van der Waals surface area contributed by atoms with Crippen LogP contribution in [0.15, 0.2) is 22.8 Å². The number of nitrogens with zero attached hydrogens (tertiary/aromatic N) is 1. The van der Waals surface area contributed by atoms with Gasteiger partial charge in [0.15, 0.2) is 5.76 Å². The van der Waals surface area contributed by atoms with Gasteiger partial charge in [-0.2, -0.15) is 0 Å². The van der Waals surface area contributed by atoms with Gasteiger partial charge in [-0.05, 0) is 24.5 Å². The van der Waals surface area contributed by atoms with Gasteiger partial charge in [0.05, 0.1) is 12.0 Å². The van der Waals surface area contributed by atoms with Gasteiger partial charge < -0.3 is 9.32 Å². The minimum atomic E-state index is -3.47. The number of sulfonamides is 1. The first-order valence-electron chi connectivity index (χ1n) is 5.29. The summed E-state index contributed by atoms with van der Waals surface area (Å²) in [6, 6.07) is 3.24. The summed E-state index contributed by atoms with van der Waals surface area (Å²) < 4.78 is 26.9. The van der Waals surface area contributed by atoms with Crippen molar-refractivity contribution in [3.8, 4) is 0 Å². The third kappa shape index (κ3) is 3.07. The minimum absolute atomic E-state index is 0.0745. The van der Waals surface area contributed by atoms with Crippen molar-refractivity contribution in [1.82, 2.24) is 4.90 Å². The van der Waals surface area contributed by atoms with Crippen molar-refractivity contribution in [1.29, 1.82) is 0 Å². The number of hydrogen-bond donors (Lipinski definition) is 1. The molecular formula is C10H14N2O4S. The molecule has 2 N–H and O–H groups in total. The molecule has 0 radical (unpaired) electrons. The van der Waals surface area contributed by atoms with E-state index in [1.165, 1.54) is 6.26 Å². The molecule has 6 nitrogen and oxygen atoms in total. The molecule has 94 valence electrons. The van der Waals surface area contributed by atoms with E-state index in [0.29, 0.717) is 19.5 Å². The molecular weight excluding hydrogens is 244 g/mol. The second-order valence-corrected chi connectivity index (χ2v) is 5.87. The van der Waals surface area contributed by atoms with Crippen molar-refractivity contribution in [3.05, 3.63) is 24.2 Å². The van der Waals surface area contributed by atoms with Crippen LogP contribution in [0.3, 0.4) is 0 Å². The fourth-order valence-corrected chi connectivity index (χ4v) is 2.97. The lowest BCUT2D eigenvalue weighted by molar-refractivity contribution is 0.0756. The number of carbonyl (C=O) groups excluding carboxylic acids is 1. The molecule has 0 aliphatic carbocycles. The first-order chi connectivity index (χ1) is 7.96. The fraction of sp³-hybridized carbons (Fsp3) is 0.500. The number of likely N-dealkylation sites (tertiary alicyclic amines) is 1. The molecule has 0 saturated carbocycles. The van der Waals surface area contributed by atoms with Crippen molar-refractivity contribution in [3.63, 3.8) is 0 Å². The van der Waals surface area contributed by atoms with Crippen LogP contribution in [0.2, 0.25) is 0 Å². The second kappa shape index (κ2) is 4.50. The zero-order valence-corrected chi connectivity index (χ0v) is 10.0. The molecule has 1 aromatic rings. The SMILES string of the molecule is NS(=O)(=O)C[C@@H]1CCN(C(=O)c2ccco2)C1. The number of furan rings is 1. The Balaban J connectivity index is 1.96. The highest BCUT2D eigenvalue weighted by Crippen LogP contribution is 2.19. The molecule has 1 atom stereocenters. The van der Waals surface area contributed by atoms with Crippen LogP contribution in [-0.2, 0) is 10.0 Å². The zero-order chi connectivity index (χ0) is 12.5. The Morgan fingerprint density at radius 2 is 2.35 bits per heavy atom. The molecule has 0 spiro atoms.